The maximum atomic E-state index is 12.0. The smallest absolute Gasteiger partial charge is 0.321 e. The highest BCUT2D eigenvalue weighted by molar-refractivity contribution is 7.13. The third-order valence-corrected chi connectivity index (χ3v) is 4.74. The summed E-state index contributed by atoms with van der Waals surface area (Å²) in [6.07, 6.45) is 5.64. The zero-order valence-corrected chi connectivity index (χ0v) is 12.5. The van der Waals surface area contributed by atoms with Crippen LogP contribution >= 0.6 is 11.3 Å². The molecule has 5 nitrogen and oxygen atoms in total. The normalized spacial score (nSPS) is 26.2. The number of rotatable bonds is 4. The number of thiazole rings is 1. The molecule has 0 bridgehead atoms. The predicted molar refractivity (Wildman–Crippen MR) is 79.1 cm³/mol. The molecule has 0 unspecified atom stereocenters. The van der Waals surface area contributed by atoms with Crippen LogP contribution in [0.3, 0.4) is 0 Å². The lowest BCUT2D eigenvalue weighted by Crippen LogP contribution is -2.44. The highest BCUT2D eigenvalue weighted by atomic mass is 32.1. The van der Waals surface area contributed by atoms with Gasteiger partial charge in [0.2, 0.25) is 0 Å². The molecule has 2 fully saturated rings. The minimum absolute atomic E-state index is 0.150. The standard InChI is InChI=1S/C14H21N3O2S/c1-2-10-8-20-14(16-10)17-13(18)15-11-5-6-19-12(7-11)9-3-4-9/h8-9,11-12H,2-7H2,1H3,(H2,15,16,17,18)/t11-,12+/m1/s1. The third-order valence-electron chi connectivity index (χ3n) is 3.93. The van der Waals surface area contributed by atoms with Crippen LogP contribution in [0, 0.1) is 5.92 Å². The molecule has 2 N–H and O–H groups in total. The molecule has 1 saturated carbocycles. The minimum Gasteiger partial charge on any atom is -0.378 e. The van der Waals surface area contributed by atoms with Crippen molar-refractivity contribution in [2.75, 3.05) is 11.9 Å². The summed E-state index contributed by atoms with van der Waals surface area (Å²) in [5.41, 5.74) is 1.02. The summed E-state index contributed by atoms with van der Waals surface area (Å²) >= 11 is 1.47. The molecule has 110 valence electrons. The van der Waals surface area contributed by atoms with Gasteiger partial charge in [-0.1, -0.05) is 6.92 Å². The Morgan fingerprint density at radius 2 is 2.35 bits per heavy atom. The number of carbonyl (C=O) groups excluding carboxylic acids is 1. The lowest BCUT2D eigenvalue weighted by Gasteiger charge is -2.30. The van der Waals surface area contributed by atoms with Gasteiger partial charge in [-0.05, 0) is 38.0 Å². The Labute approximate surface area is 123 Å². The van der Waals surface area contributed by atoms with Crippen LogP contribution in [-0.4, -0.2) is 29.8 Å². The van der Waals surface area contributed by atoms with E-state index in [1.807, 2.05) is 5.38 Å². The van der Waals surface area contributed by atoms with Crippen LogP contribution < -0.4 is 10.6 Å². The van der Waals surface area contributed by atoms with Crippen LogP contribution in [0.25, 0.3) is 0 Å². The molecule has 20 heavy (non-hydrogen) atoms. The monoisotopic (exact) mass is 295 g/mol. The second kappa shape index (κ2) is 6.10. The van der Waals surface area contributed by atoms with Gasteiger partial charge in [-0.3, -0.25) is 5.32 Å². The number of urea groups is 1. The van der Waals surface area contributed by atoms with Gasteiger partial charge in [-0.15, -0.1) is 11.3 Å². The molecule has 1 aliphatic heterocycles. The maximum absolute atomic E-state index is 12.0. The van der Waals surface area contributed by atoms with Crippen molar-refractivity contribution in [3.8, 4) is 0 Å². The Bertz CT molecular complexity index is 473. The highest BCUT2D eigenvalue weighted by Gasteiger charge is 2.36. The molecule has 0 aromatic carbocycles. The molecule has 1 aliphatic carbocycles. The van der Waals surface area contributed by atoms with Crippen LogP contribution in [0.4, 0.5) is 9.93 Å². The first-order valence-corrected chi connectivity index (χ1v) is 8.26. The van der Waals surface area contributed by atoms with Gasteiger partial charge in [-0.25, -0.2) is 9.78 Å². The quantitative estimate of drug-likeness (QED) is 0.898. The molecule has 2 heterocycles. The average molecular weight is 295 g/mol. The second-order valence-electron chi connectivity index (χ2n) is 5.56. The fraction of sp³-hybridized carbons (Fsp3) is 0.714. The maximum Gasteiger partial charge on any atom is 0.321 e. The molecule has 3 rings (SSSR count). The summed E-state index contributed by atoms with van der Waals surface area (Å²) in [6, 6.07) is 0.0726. The molecule has 6 heteroatoms. The predicted octanol–water partition coefficient (Wildman–Crippen LogP) is 2.78. The molecule has 1 aromatic rings. The fourth-order valence-corrected chi connectivity index (χ4v) is 3.39. The van der Waals surface area contributed by atoms with Gasteiger partial charge in [0.1, 0.15) is 0 Å². The number of hydrogen-bond donors (Lipinski definition) is 2. The molecular formula is C14H21N3O2S. The summed E-state index contributed by atoms with van der Waals surface area (Å²) in [5.74, 6) is 0.730. The molecule has 2 amide bonds. The van der Waals surface area contributed by atoms with E-state index in [1.165, 1.54) is 24.2 Å². The Hall–Kier alpha value is -1.14. The van der Waals surface area contributed by atoms with Gasteiger partial charge in [0.25, 0.3) is 0 Å². The molecule has 2 aliphatic rings. The van der Waals surface area contributed by atoms with Crippen molar-refractivity contribution in [2.45, 2.75) is 51.2 Å². The first-order valence-electron chi connectivity index (χ1n) is 7.38. The third kappa shape index (κ3) is 3.49. The van der Waals surface area contributed by atoms with E-state index in [-0.39, 0.29) is 12.1 Å². The van der Waals surface area contributed by atoms with E-state index in [1.54, 1.807) is 0 Å². The lowest BCUT2D eigenvalue weighted by atomic mass is 10.0. The SMILES string of the molecule is CCc1csc(NC(=O)N[C@@H]2CCO[C@H](C3CC3)C2)n1. The molecule has 2 atom stereocenters. The van der Waals surface area contributed by atoms with E-state index >= 15 is 0 Å². The lowest BCUT2D eigenvalue weighted by molar-refractivity contribution is -0.00889. The Morgan fingerprint density at radius 1 is 1.50 bits per heavy atom. The van der Waals surface area contributed by atoms with Crippen LogP contribution in [0.5, 0.6) is 0 Å². The van der Waals surface area contributed by atoms with Gasteiger partial charge >= 0.3 is 6.03 Å². The van der Waals surface area contributed by atoms with Crippen molar-refractivity contribution in [3.05, 3.63) is 11.1 Å². The van der Waals surface area contributed by atoms with Crippen LogP contribution in [-0.2, 0) is 11.2 Å². The van der Waals surface area contributed by atoms with Gasteiger partial charge in [-0.2, -0.15) is 0 Å². The first kappa shape index (κ1) is 13.8. The number of anilines is 1. The summed E-state index contributed by atoms with van der Waals surface area (Å²) in [7, 11) is 0. The number of nitrogens with zero attached hydrogens (tertiary/aromatic N) is 1. The number of hydrogen-bond acceptors (Lipinski definition) is 4. The Kier molecular flexibility index (Phi) is 4.21. The van der Waals surface area contributed by atoms with E-state index in [2.05, 4.69) is 22.5 Å². The number of ether oxygens (including phenoxy) is 1. The summed E-state index contributed by atoms with van der Waals surface area (Å²) in [5, 5.41) is 8.51. The average Bonchev–Trinajstić information content (AvgIpc) is 3.20. The highest BCUT2D eigenvalue weighted by Crippen LogP contribution is 2.38. The molecule has 1 saturated heterocycles. The van der Waals surface area contributed by atoms with Crippen molar-refractivity contribution in [2.24, 2.45) is 5.92 Å². The fourth-order valence-electron chi connectivity index (χ4n) is 2.60. The number of carbonyl (C=O) groups is 1. The largest absolute Gasteiger partial charge is 0.378 e. The van der Waals surface area contributed by atoms with Crippen molar-refractivity contribution < 1.29 is 9.53 Å². The van der Waals surface area contributed by atoms with E-state index in [0.29, 0.717) is 11.2 Å². The van der Waals surface area contributed by atoms with Crippen molar-refractivity contribution in [1.29, 1.82) is 0 Å². The summed E-state index contributed by atoms with van der Waals surface area (Å²) in [6.45, 7) is 2.81. The Balaban J connectivity index is 1.47. The Morgan fingerprint density at radius 3 is 3.05 bits per heavy atom. The second-order valence-corrected chi connectivity index (χ2v) is 6.42. The van der Waals surface area contributed by atoms with Gasteiger partial charge in [0, 0.05) is 18.0 Å². The topological polar surface area (TPSA) is 63.2 Å². The first-order chi connectivity index (χ1) is 9.74. The number of aromatic nitrogens is 1. The minimum atomic E-state index is -0.150. The molecular weight excluding hydrogens is 274 g/mol. The van der Waals surface area contributed by atoms with Crippen molar-refractivity contribution >= 4 is 22.5 Å². The van der Waals surface area contributed by atoms with Crippen LogP contribution in [0.1, 0.15) is 38.3 Å². The van der Waals surface area contributed by atoms with Crippen molar-refractivity contribution in [1.82, 2.24) is 10.3 Å². The van der Waals surface area contributed by atoms with Crippen molar-refractivity contribution in [3.63, 3.8) is 0 Å². The van der Waals surface area contributed by atoms with Gasteiger partial charge < -0.3 is 10.1 Å². The van der Waals surface area contributed by atoms with Gasteiger partial charge in [0.05, 0.1) is 11.8 Å². The number of nitrogens with one attached hydrogen (secondary N) is 2. The molecule has 0 spiro atoms. The molecule has 0 radical (unpaired) electrons. The van der Waals surface area contributed by atoms with Crippen LogP contribution in [0.2, 0.25) is 0 Å². The summed E-state index contributed by atoms with van der Waals surface area (Å²) < 4.78 is 5.77. The van der Waals surface area contributed by atoms with E-state index in [0.717, 1.165) is 37.5 Å². The zero-order chi connectivity index (χ0) is 13.9. The van der Waals surface area contributed by atoms with Crippen LogP contribution in [0.15, 0.2) is 5.38 Å². The number of aryl methyl sites for hydroxylation is 1. The zero-order valence-electron chi connectivity index (χ0n) is 11.7. The number of amides is 2. The van der Waals surface area contributed by atoms with Gasteiger partial charge in [0.15, 0.2) is 5.13 Å². The van der Waals surface area contributed by atoms with E-state index in [9.17, 15) is 4.79 Å². The molecule has 1 aromatic heterocycles. The summed E-state index contributed by atoms with van der Waals surface area (Å²) in [4.78, 5) is 16.3. The van der Waals surface area contributed by atoms with E-state index < -0.39 is 0 Å². The van der Waals surface area contributed by atoms with E-state index in [4.69, 9.17) is 4.74 Å².